The summed E-state index contributed by atoms with van der Waals surface area (Å²) in [6, 6.07) is 15.0. The number of halogens is 3. The van der Waals surface area contributed by atoms with E-state index in [0.717, 1.165) is 43.1 Å². The highest BCUT2D eigenvalue weighted by atomic mass is 19.4. The maximum absolute atomic E-state index is 13.3. The van der Waals surface area contributed by atoms with E-state index in [1.165, 1.54) is 5.01 Å². The summed E-state index contributed by atoms with van der Waals surface area (Å²) in [5.74, 6) is 0.898. The Balaban J connectivity index is 0.00000167. The number of methoxy groups -OCH3 is 1. The third-order valence-electron chi connectivity index (χ3n) is 6.51. The van der Waals surface area contributed by atoms with Crippen LogP contribution in [0.3, 0.4) is 0 Å². The summed E-state index contributed by atoms with van der Waals surface area (Å²) in [6.45, 7) is 9.25. The molecule has 4 rings (SSSR count). The third kappa shape index (κ3) is 6.21. The van der Waals surface area contributed by atoms with Crippen LogP contribution in [-0.2, 0) is 0 Å². The Labute approximate surface area is 206 Å². The molecule has 1 fully saturated rings. The molecule has 0 radical (unpaired) electrons. The van der Waals surface area contributed by atoms with E-state index in [1.807, 2.05) is 51.1 Å². The summed E-state index contributed by atoms with van der Waals surface area (Å²) in [5.41, 5.74) is 1.08. The number of hydrazone groups is 1. The number of nitrogens with zero attached hydrogens (tertiary/aromatic N) is 3. The molecule has 0 aromatic heterocycles. The molecular weight excluding hydrogens is 455 g/mol. The number of anilines is 2. The quantitative estimate of drug-likeness (QED) is 0.439. The standard InChI is InChI=1S/C25H30F3N3O2.C2H6/c1-4-23-17(2)24(25(26,27)28)29-31(23)18-8-10-20(11-9-18)33-21-12-14-30(15-13-21)19-6-5-7-22(16-19)32-3;1-2/h5-11,16-17,21,23H,4,12-15H2,1-3H3;1-2H3/t17?,23-;/m0./s1. The van der Waals surface area contributed by atoms with Crippen molar-refractivity contribution in [3.05, 3.63) is 48.5 Å². The number of benzene rings is 2. The Morgan fingerprint density at radius 2 is 1.63 bits per heavy atom. The van der Waals surface area contributed by atoms with Gasteiger partial charge in [-0.2, -0.15) is 18.3 Å². The molecule has 0 spiro atoms. The van der Waals surface area contributed by atoms with Crippen molar-refractivity contribution < 1.29 is 22.6 Å². The molecule has 35 heavy (non-hydrogen) atoms. The molecule has 0 saturated carbocycles. The fourth-order valence-electron chi connectivity index (χ4n) is 4.67. The van der Waals surface area contributed by atoms with Gasteiger partial charge in [0, 0.05) is 43.6 Å². The normalized spacial score (nSPS) is 20.7. The molecule has 5 nitrogen and oxygen atoms in total. The van der Waals surface area contributed by atoms with Crippen LogP contribution >= 0.6 is 0 Å². The molecule has 1 unspecified atom stereocenters. The van der Waals surface area contributed by atoms with E-state index in [4.69, 9.17) is 9.47 Å². The van der Waals surface area contributed by atoms with Crippen LogP contribution in [0, 0.1) is 5.92 Å². The second-order valence-electron chi connectivity index (χ2n) is 8.59. The van der Waals surface area contributed by atoms with Crippen molar-refractivity contribution in [3.8, 4) is 11.5 Å². The molecule has 8 heteroatoms. The smallest absolute Gasteiger partial charge is 0.431 e. The Morgan fingerprint density at radius 3 is 2.20 bits per heavy atom. The lowest BCUT2D eigenvalue weighted by atomic mass is 9.95. The molecule has 2 aromatic carbocycles. The van der Waals surface area contributed by atoms with Crippen molar-refractivity contribution >= 4 is 17.1 Å². The molecule has 0 N–H and O–H groups in total. The van der Waals surface area contributed by atoms with Gasteiger partial charge in [0.25, 0.3) is 0 Å². The van der Waals surface area contributed by atoms with Crippen LogP contribution in [0.15, 0.2) is 53.6 Å². The van der Waals surface area contributed by atoms with Crippen LogP contribution in [0.5, 0.6) is 11.5 Å². The van der Waals surface area contributed by atoms with Gasteiger partial charge in [0.05, 0.1) is 18.8 Å². The molecule has 0 bridgehead atoms. The minimum atomic E-state index is -4.41. The molecule has 192 valence electrons. The molecule has 0 aliphatic carbocycles. The first-order chi connectivity index (χ1) is 16.8. The number of piperidine rings is 1. The van der Waals surface area contributed by atoms with Gasteiger partial charge in [-0.25, -0.2) is 0 Å². The number of hydrogen-bond acceptors (Lipinski definition) is 5. The van der Waals surface area contributed by atoms with Crippen molar-refractivity contribution in [3.63, 3.8) is 0 Å². The predicted molar refractivity (Wildman–Crippen MR) is 136 cm³/mol. The average Bonchev–Trinajstić information content (AvgIpc) is 3.23. The molecule has 2 aliphatic heterocycles. The lowest BCUT2D eigenvalue weighted by Crippen LogP contribution is -2.38. The molecule has 2 atom stereocenters. The highest BCUT2D eigenvalue weighted by Gasteiger charge is 2.47. The first-order valence-corrected chi connectivity index (χ1v) is 12.4. The van der Waals surface area contributed by atoms with Crippen molar-refractivity contribution in [1.82, 2.24) is 0 Å². The highest BCUT2D eigenvalue weighted by Crippen LogP contribution is 2.37. The van der Waals surface area contributed by atoms with Crippen LogP contribution in [0.1, 0.15) is 47.0 Å². The van der Waals surface area contributed by atoms with Crippen molar-refractivity contribution in [2.45, 2.75) is 65.3 Å². The van der Waals surface area contributed by atoms with E-state index in [2.05, 4.69) is 16.1 Å². The monoisotopic (exact) mass is 491 g/mol. The summed E-state index contributed by atoms with van der Waals surface area (Å²) < 4.78 is 51.4. The molecular formula is C27H36F3N3O2. The third-order valence-corrected chi connectivity index (χ3v) is 6.51. The largest absolute Gasteiger partial charge is 0.497 e. The summed E-state index contributed by atoms with van der Waals surface area (Å²) in [5, 5.41) is 5.43. The van der Waals surface area contributed by atoms with Crippen molar-refractivity contribution in [2.75, 3.05) is 30.1 Å². The van der Waals surface area contributed by atoms with Gasteiger partial charge in [-0.3, -0.25) is 5.01 Å². The topological polar surface area (TPSA) is 37.3 Å². The summed E-state index contributed by atoms with van der Waals surface area (Å²) >= 11 is 0. The minimum absolute atomic E-state index is 0.0998. The van der Waals surface area contributed by atoms with Crippen molar-refractivity contribution in [1.29, 1.82) is 0 Å². The maximum Gasteiger partial charge on any atom is 0.431 e. The zero-order valence-corrected chi connectivity index (χ0v) is 21.2. The van der Waals surface area contributed by atoms with Crippen LogP contribution < -0.4 is 19.4 Å². The Bertz CT molecular complexity index is 970. The molecule has 2 aromatic rings. The van der Waals surface area contributed by atoms with E-state index in [1.54, 1.807) is 26.2 Å². The zero-order chi connectivity index (χ0) is 25.6. The summed E-state index contributed by atoms with van der Waals surface area (Å²) in [4.78, 5) is 2.32. The van der Waals surface area contributed by atoms with E-state index in [9.17, 15) is 13.2 Å². The van der Waals surface area contributed by atoms with Gasteiger partial charge in [0.2, 0.25) is 0 Å². The number of rotatable bonds is 6. The van der Waals surface area contributed by atoms with E-state index in [0.29, 0.717) is 12.1 Å². The molecule has 0 amide bonds. The van der Waals surface area contributed by atoms with Gasteiger partial charge in [0.15, 0.2) is 0 Å². The Kier molecular flexibility index (Phi) is 8.92. The van der Waals surface area contributed by atoms with Crippen LogP contribution in [0.4, 0.5) is 24.5 Å². The lowest BCUT2D eigenvalue weighted by molar-refractivity contribution is -0.0620. The number of ether oxygens (including phenoxy) is 2. The van der Waals surface area contributed by atoms with Gasteiger partial charge in [-0.1, -0.05) is 33.8 Å². The Hall–Kier alpha value is -2.90. The molecule has 2 heterocycles. The SMILES string of the molecule is CC.CC[C@H]1C(C)C(C(F)(F)F)=NN1c1ccc(OC2CCN(c3cccc(OC)c3)CC2)cc1. The first-order valence-electron chi connectivity index (χ1n) is 12.4. The van der Waals surface area contributed by atoms with Gasteiger partial charge in [-0.05, 0) is 42.8 Å². The van der Waals surface area contributed by atoms with E-state index >= 15 is 0 Å². The molecule has 2 aliphatic rings. The van der Waals surface area contributed by atoms with E-state index < -0.39 is 17.8 Å². The molecule has 1 saturated heterocycles. The fourth-order valence-corrected chi connectivity index (χ4v) is 4.67. The highest BCUT2D eigenvalue weighted by molar-refractivity contribution is 5.95. The fraction of sp³-hybridized carbons (Fsp3) is 0.519. The Morgan fingerprint density at radius 1 is 0.971 bits per heavy atom. The van der Waals surface area contributed by atoms with Crippen molar-refractivity contribution in [2.24, 2.45) is 11.0 Å². The number of alkyl halides is 3. The van der Waals surface area contributed by atoms with Gasteiger partial charge < -0.3 is 14.4 Å². The first kappa shape index (κ1) is 26.7. The second kappa shape index (κ2) is 11.7. The maximum atomic E-state index is 13.3. The predicted octanol–water partition coefficient (Wildman–Crippen LogP) is 6.92. The zero-order valence-electron chi connectivity index (χ0n) is 21.2. The van der Waals surface area contributed by atoms with Crippen LogP contribution in [0.2, 0.25) is 0 Å². The summed E-state index contributed by atoms with van der Waals surface area (Å²) in [6.07, 6.45) is -1.96. The lowest BCUT2D eigenvalue weighted by Gasteiger charge is -2.34. The van der Waals surface area contributed by atoms with E-state index in [-0.39, 0.29) is 12.1 Å². The van der Waals surface area contributed by atoms with Crippen LogP contribution in [0.25, 0.3) is 0 Å². The van der Waals surface area contributed by atoms with Gasteiger partial charge in [-0.15, -0.1) is 0 Å². The summed E-state index contributed by atoms with van der Waals surface area (Å²) in [7, 11) is 1.67. The average molecular weight is 492 g/mol. The second-order valence-corrected chi connectivity index (χ2v) is 8.59. The van der Waals surface area contributed by atoms with Gasteiger partial charge in [0.1, 0.15) is 23.3 Å². The van der Waals surface area contributed by atoms with Crippen LogP contribution in [-0.4, -0.2) is 44.2 Å². The van der Waals surface area contributed by atoms with Gasteiger partial charge >= 0.3 is 6.18 Å². The number of hydrogen-bond donors (Lipinski definition) is 0. The minimum Gasteiger partial charge on any atom is -0.497 e.